The number of non-ortho nitro benzene ring substituents is 1. The first kappa shape index (κ1) is 18.9. The normalized spacial score (nSPS) is 10.7. The Morgan fingerprint density at radius 3 is 2.50 bits per heavy atom. The highest BCUT2D eigenvalue weighted by molar-refractivity contribution is 5.87. The van der Waals surface area contributed by atoms with Crippen LogP contribution in [0, 0.1) is 30.9 Å². The van der Waals surface area contributed by atoms with Crippen LogP contribution < -0.4 is 10.7 Å². The van der Waals surface area contributed by atoms with Gasteiger partial charge in [-0.15, -0.1) is 0 Å². The van der Waals surface area contributed by atoms with Crippen LogP contribution in [0.25, 0.3) is 0 Å². The monoisotopic (exact) mass is 356 g/mol. The van der Waals surface area contributed by atoms with Gasteiger partial charge in [0.25, 0.3) is 11.6 Å². The van der Waals surface area contributed by atoms with Crippen molar-refractivity contribution < 1.29 is 14.8 Å². The second-order valence-electron chi connectivity index (χ2n) is 5.92. The summed E-state index contributed by atoms with van der Waals surface area (Å²) >= 11 is 0. The summed E-state index contributed by atoms with van der Waals surface area (Å²) in [7, 11) is 0. The number of phenolic OH excluding ortho intramolecular Hbond substituents is 1. The molecular weight excluding hydrogens is 336 g/mol. The number of phenols is 1. The third kappa shape index (κ3) is 4.79. The van der Waals surface area contributed by atoms with Crippen LogP contribution in [-0.4, -0.2) is 28.7 Å². The second-order valence-corrected chi connectivity index (χ2v) is 5.92. The molecule has 1 amide bonds. The van der Waals surface area contributed by atoms with Crippen LogP contribution in [0.3, 0.4) is 0 Å². The van der Waals surface area contributed by atoms with E-state index in [2.05, 4.69) is 15.8 Å². The van der Waals surface area contributed by atoms with Crippen molar-refractivity contribution in [1.82, 2.24) is 5.43 Å². The van der Waals surface area contributed by atoms with Gasteiger partial charge in [0.2, 0.25) is 0 Å². The number of benzene rings is 2. The van der Waals surface area contributed by atoms with Crippen molar-refractivity contribution in [3.63, 3.8) is 0 Å². The van der Waals surface area contributed by atoms with Crippen LogP contribution in [-0.2, 0) is 4.79 Å². The summed E-state index contributed by atoms with van der Waals surface area (Å²) in [5, 5.41) is 27.2. The van der Waals surface area contributed by atoms with E-state index >= 15 is 0 Å². The molecule has 8 heteroatoms. The first-order chi connectivity index (χ1) is 12.3. The first-order valence-corrected chi connectivity index (χ1v) is 7.89. The molecule has 2 aromatic carbocycles. The third-order valence-corrected chi connectivity index (χ3v) is 3.72. The molecule has 0 heterocycles. The molecule has 0 radical (unpaired) electrons. The van der Waals surface area contributed by atoms with E-state index in [1.807, 2.05) is 32.9 Å². The van der Waals surface area contributed by atoms with Crippen LogP contribution >= 0.6 is 0 Å². The van der Waals surface area contributed by atoms with Crippen LogP contribution in [0.2, 0.25) is 0 Å². The van der Waals surface area contributed by atoms with Gasteiger partial charge in [0.05, 0.1) is 17.7 Å². The average molecular weight is 356 g/mol. The van der Waals surface area contributed by atoms with Crippen molar-refractivity contribution in [2.24, 2.45) is 5.10 Å². The van der Waals surface area contributed by atoms with Gasteiger partial charge in [0.15, 0.2) is 0 Å². The number of nitrogens with one attached hydrogen (secondary N) is 2. The molecule has 136 valence electrons. The Morgan fingerprint density at radius 1 is 1.23 bits per heavy atom. The first-order valence-electron chi connectivity index (χ1n) is 7.89. The van der Waals surface area contributed by atoms with Crippen molar-refractivity contribution in [3.05, 3.63) is 62.7 Å². The molecule has 0 atom stereocenters. The summed E-state index contributed by atoms with van der Waals surface area (Å²) in [6, 6.07) is 7.60. The van der Waals surface area contributed by atoms with Crippen LogP contribution in [0.15, 0.2) is 35.4 Å². The molecule has 0 aliphatic rings. The number of carbonyl (C=O) groups excluding carboxylic acids is 1. The molecule has 3 N–H and O–H groups in total. The maximum absolute atomic E-state index is 11.9. The van der Waals surface area contributed by atoms with Crippen molar-refractivity contribution in [2.45, 2.75) is 20.8 Å². The van der Waals surface area contributed by atoms with Crippen LogP contribution in [0.1, 0.15) is 22.3 Å². The maximum atomic E-state index is 11.9. The van der Waals surface area contributed by atoms with Gasteiger partial charge in [-0.1, -0.05) is 17.7 Å². The van der Waals surface area contributed by atoms with E-state index in [0.717, 1.165) is 28.6 Å². The van der Waals surface area contributed by atoms with Gasteiger partial charge in [0.1, 0.15) is 5.75 Å². The number of amides is 1. The Labute approximate surface area is 150 Å². The van der Waals surface area contributed by atoms with Gasteiger partial charge in [-0.05, 0) is 38.0 Å². The van der Waals surface area contributed by atoms with Gasteiger partial charge < -0.3 is 10.4 Å². The van der Waals surface area contributed by atoms with Crippen LogP contribution in [0.5, 0.6) is 5.75 Å². The van der Waals surface area contributed by atoms with Crippen LogP contribution in [0.4, 0.5) is 11.4 Å². The lowest BCUT2D eigenvalue weighted by Gasteiger charge is -2.13. The molecule has 0 unspecified atom stereocenters. The molecule has 0 aromatic heterocycles. The van der Waals surface area contributed by atoms with Gasteiger partial charge >= 0.3 is 0 Å². The minimum absolute atomic E-state index is 0.0169. The number of aromatic hydroxyl groups is 1. The predicted molar refractivity (Wildman–Crippen MR) is 99.6 cm³/mol. The molecule has 8 nitrogen and oxygen atoms in total. The number of nitrogens with zero attached hydrogens (tertiary/aromatic N) is 2. The molecule has 0 aliphatic carbocycles. The quantitative estimate of drug-likeness (QED) is 0.418. The van der Waals surface area contributed by atoms with E-state index in [-0.39, 0.29) is 29.5 Å². The van der Waals surface area contributed by atoms with Crippen molar-refractivity contribution >= 4 is 23.5 Å². The molecule has 26 heavy (non-hydrogen) atoms. The highest BCUT2D eigenvalue weighted by Crippen LogP contribution is 2.22. The van der Waals surface area contributed by atoms with E-state index in [1.165, 1.54) is 18.2 Å². The fourth-order valence-electron chi connectivity index (χ4n) is 2.60. The summed E-state index contributed by atoms with van der Waals surface area (Å²) in [5.74, 6) is -0.553. The zero-order valence-electron chi connectivity index (χ0n) is 14.7. The largest absolute Gasteiger partial charge is 0.507 e. The number of nitro groups is 1. The lowest BCUT2D eigenvalue weighted by atomic mass is 10.1. The van der Waals surface area contributed by atoms with E-state index < -0.39 is 4.92 Å². The lowest BCUT2D eigenvalue weighted by Crippen LogP contribution is -2.26. The molecule has 2 rings (SSSR count). The molecule has 0 fully saturated rings. The second kappa shape index (κ2) is 8.11. The van der Waals surface area contributed by atoms with Crippen molar-refractivity contribution in [1.29, 1.82) is 0 Å². The Balaban J connectivity index is 1.96. The fourth-order valence-corrected chi connectivity index (χ4v) is 2.60. The molecule has 0 bridgehead atoms. The van der Waals surface area contributed by atoms with Gasteiger partial charge in [0, 0.05) is 23.4 Å². The number of nitro benzene ring substituents is 1. The maximum Gasteiger partial charge on any atom is 0.270 e. The van der Waals surface area contributed by atoms with Crippen molar-refractivity contribution in [2.75, 3.05) is 11.9 Å². The lowest BCUT2D eigenvalue weighted by molar-refractivity contribution is -0.384. The Bertz CT molecular complexity index is 854. The van der Waals surface area contributed by atoms with Crippen molar-refractivity contribution in [3.8, 4) is 5.75 Å². The summed E-state index contributed by atoms with van der Waals surface area (Å²) in [6.07, 6.45) is 1.16. The van der Waals surface area contributed by atoms with E-state index in [4.69, 9.17) is 0 Å². The molecule has 0 spiro atoms. The summed E-state index contributed by atoms with van der Waals surface area (Å²) in [6.45, 7) is 5.95. The highest BCUT2D eigenvalue weighted by Gasteiger charge is 2.09. The summed E-state index contributed by atoms with van der Waals surface area (Å²) in [5.41, 5.74) is 6.40. The number of hydrazone groups is 1. The standard InChI is InChI=1S/C18H20N4O4/c1-11-6-12(2)18(13(3)7-11)19-10-17(24)21-20-9-14-8-15(22(25)26)4-5-16(14)23/h4-9,19,23H,10H2,1-3H3,(H,21,24)/b20-9-. The molecular formula is C18H20N4O4. The smallest absolute Gasteiger partial charge is 0.270 e. The van der Waals surface area contributed by atoms with Gasteiger partial charge in [-0.25, -0.2) is 5.43 Å². The minimum atomic E-state index is -0.578. The number of hydrogen-bond acceptors (Lipinski definition) is 6. The zero-order valence-corrected chi connectivity index (χ0v) is 14.7. The number of aryl methyl sites for hydroxylation is 3. The van der Waals surface area contributed by atoms with E-state index in [9.17, 15) is 20.0 Å². The van der Waals surface area contributed by atoms with E-state index in [0.29, 0.717) is 0 Å². The fraction of sp³-hybridized carbons (Fsp3) is 0.222. The number of anilines is 1. The topological polar surface area (TPSA) is 117 Å². The minimum Gasteiger partial charge on any atom is -0.507 e. The number of carbonyl (C=O) groups is 1. The Hall–Kier alpha value is -3.42. The molecule has 2 aromatic rings. The SMILES string of the molecule is Cc1cc(C)c(NCC(=O)N/N=C\c2cc([N+](=O)[O-])ccc2O)c(C)c1. The molecule has 0 saturated heterocycles. The summed E-state index contributed by atoms with van der Waals surface area (Å²) in [4.78, 5) is 22.1. The molecule has 0 aliphatic heterocycles. The van der Waals surface area contributed by atoms with Gasteiger partial charge in [-0.2, -0.15) is 5.10 Å². The predicted octanol–water partition coefficient (Wildman–Crippen LogP) is 2.79. The van der Waals surface area contributed by atoms with Gasteiger partial charge in [-0.3, -0.25) is 14.9 Å². The summed E-state index contributed by atoms with van der Waals surface area (Å²) < 4.78 is 0. The Morgan fingerprint density at radius 2 is 1.88 bits per heavy atom. The number of hydrogen-bond donors (Lipinski definition) is 3. The number of rotatable bonds is 6. The van der Waals surface area contributed by atoms with E-state index in [1.54, 1.807) is 0 Å². The average Bonchev–Trinajstić information content (AvgIpc) is 2.55. The zero-order chi connectivity index (χ0) is 19.3. The Kier molecular flexibility index (Phi) is 5.90. The molecule has 0 saturated carbocycles. The third-order valence-electron chi connectivity index (χ3n) is 3.72. The highest BCUT2D eigenvalue weighted by atomic mass is 16.6.